The molecular weight excluding hydrogens is 894 g/mol. The van der Waals surface area contributed by atoms with E-state index in [1.54, 1.807) is 100 Å². The number of halogens is 1. The van der Waals surface area contributed by atoms with Crippen LogP contribution in [0.2, 0.25) is 23.2 Å². The molecule has 4 aromatic rings. The number of carbonyl (C=O) groups is 4. The first-order valence-electron chi connectivity index (χ1n) is 22.3. The monoisotopic (exact) mass is 961 g/mol. The van der Waals surface area contributed by atoms with Crippen molar-refractivity contribution >= 4 is 61.0 Å². The van der Waals surface area contributed by atoms with Gasteiger partial charge in [0.25, 0.3) is 5.91 Å². The molecule has 364 valence electrons. The van der Waals surface area contributed by atoms with Crippen molar-refractivity contribution in [1.29, 1.82) is 0 Å². The predicted molar refractivity (Wildman–Crippen MR) is 266 cm³/mol. The van der Waals surface area contributed by atoms with Gasteiger partial charge in [-0.25, -0.2) is 9.59 Å². The topological polar surface area (TPSA) is 151 Å². The molecule has 0 aliphatic heterocycles. The molecular formula is C51H68ClN3O11Si. The normalized spacial score (nSPS) is 11.9. The summed E-state index contributed by atoms with van der Waals surface area (Å²) < 4.78 is 41.5. The molecule has 0 fully saturated rings. The summed E-state index contributed by atoms with van der Waals surface area (Å²) in [4.78, 5) is 55.5. The molecule has 67 heavy (non-hydrogen) atoms. The van der Waals surface area contributed by atoms with Crippen molar-refractivity contribution in [2.24, 2.45) is 0 Å². The van der Waals surface area contributed by atoms with Crippen LogP contribution in [0.5, 0.6) is 23.0 Å². The number of anilines is 3. The van der Waals surface area contributed by atoms with Crippen molar-refractivity contribution < 1.29 is 52.0 Å². The number of hydrogen-bond donors (Lipinski definition) is 1. The summed E-state index contributed by atoms with van der Waals surface area (Å²) in [5.41, 5.74) is 1.19. The van der Waals surface area contributed by atoms with E-state index in [2.05, 4.69) is 39.2 Å². The van der Waals surface area contributed by atoms with Gasteiger partial charge in [-0.3, -0.25) is 19.4 Å². The summed E-state index contributed by atoms with van der Waals surface area (Å²) in [6.07, 6.45) is -0.670. The highest BCUT2D eigenvalue weighted by atomic mass is 35.5. The van der Waals surface area contributed by atoms with Gasteiger partial charge in [-0.1, -0.05) is 56.6 Å². The van der Waals surface area contributed by atoms with Crippen molar-refractivity contribution in [3.05, 3.63) is 101 Å². The Bertz CT molecular complexity index is 2320. The number of carbonyl (C=O) groups excluding carboxylic acids is 4. The van der Waals surface area contributed by atoms with Gasteiger partial charge in [0, 0.05) is 36.7 Å². The molecule has 0 atom stereocenters. The summed E-state index contributed by atoms with van der Waals surface area (Å²) in [6.45, 7) is 23.9. The van der Waals surface area contributed by atoms with E-state index in [0.29, 0.717) is 46.7 Å². The zero-order chi connectivity index (χ0) is 49.7. The van der Waals surface area contributed by atoms with Gasteiger partial charge < -0.3 is 38.2 Å². The standard InChI is InChI=1S/C51H68ClN3O11Si/c1-14-60-46(57)27-21-36-20-24-39(32-44(36)62-33-35-18-22-37(52)23-19-35)61-34-45(56)53-42-26-25-41(31-43(42)54(11)47(58)65-49(2,3)4)64-40-17-15-16-38(30-40)55(48(59)66-50(5,6)7)28-29-63-67(12,13)51(8,9)10/h15-20,22-26,30-32H,14,21,27-29,33-34H2,1-13H3,(H,53,56). The highest BCUT2D eigenvalue weighted by molar-refractivity contribution is 6.74. The Morgan fingerprint density at radius 3 is 2.03 bits per heavy atom. The van der Waals surface area contributed by atoms with Crippen LogP contribution in [0.15, 0.2) is 84.9 Å². The lowest BCUT2D eigenvalue weighted by Gasteiger charge is -2.37. The Morgan fingerprint density at radius 2 is 1.39 bits per heavy atom. The van der Waals surface area contributed by atoms with E-state index in [9.17, 15) is 19.2 Å². The number of ether oxygens (including phenoxy) is 6. The summed E-state index contributed by atoms with van der Waals surface area (Å²) in [5.74, 6) is 0.718. The van der Waals surface area contributed by atoms with Crippen LogP contribution in [0.25, 0.3) is 0 Å². The summed E-state index contributed by atoms with van der Waals surface area (Å²) in [6, 6.07) is 24.3. The minimum atomic E-state index is -2.11. The molecule has 4 rings (SSSR count). The van der Waals surface area contributed by atoms with E-state index in [0.717, 1.165) is 11.1 Å². The van der Waals surface area contributed by atoms with Gasteiger partial charge >= 0.3 is 18.2 Å². The van der Waals surface area contributed by atoms with Gasteiger partial charge in [-0.05, 0) is 127 Å². The van der Waals surface area contributed by atoms with Crippen LogP contribution >= 0.6 is 11.6 Å². The molecule has 0 aromatic heterocycles. The molecule has 0 aliphatic rings. The average Bonchev–Trinajstić information content (AvgIpc) is 3.22. The third-order valence-electron chi connectivity index (χ3n) is 10.5. The lowest BCUT2D eigenvalue weighted by Crippen LogP contribution is -2.44. The second kappa shape index (κ2) is 23.3. The van der Waals surface area contributed by atoms with Crippen LogP contribution in [-0.4, -0.2) is 77.0 Å². The molecule has 0 spiro atoms. The molecule has 1 N–H and O–H groups in total. The van der Waals surface area contributed by atoms with Crippen LogP contribution in [0.1, 0.15) is 86.8 Å². The van der Waals surface area contributed by atoms with E-state index >= 15 is 0 Å². The molecule has 0 heterocycles. The fourth-order valence-electron chi connectivity index (χ4n) is 6.00. The molecule has 14 nitrogen and oxygen atoms in total. The number of rotatable bonds is 19. The largest absolute Gasteiger partial charge is 0.488 e. The number of benzene rings is 4. The maximum atomic E-state index is 13.6. The lowest BCUT2D eigenvalue weighted by molar-refractivity contribution is -0.143. The van der Waals surface area contributed by atoms with Crippen LogP contribution < -0.4 is 29.3 Å². The number of amides is 3. The van der Waals surface area contributed by atoms with Gasteiger partial charge in [-0.15, -0.1) is 0 Å². The zero-order valence-corrected chi connectivity index (χ0v) is 43.1. The van der Waals surface area contributed by atoms with Crippen molar-refractivity contribution in [2.45, 2.75) is 118 Å². The van der Waals surface area contributed by atoms with Gasteiger partial charge in [-0.2, -0.15) is 0 Å². The number of hydrogen-bond acceptors (Lipinski definition) is 11. The van der Waals surface area contributed by atoms with Crippen LogP contribution in [0.3, 0.4) is 0 Å². The second-order valence-electron chi connectivity index (χ2n) is 19.4. The Labute approximate surface area is 402 Å². The minimum Gasteiger partial charge on any atom is -0.488 e. The van der Waals surface area contributed by atoms with Gasteiger partial charge in [0.15, 0.2) is 14.9 Å². The minimum absolute atomic E-state index is 0.0119. The Hall–Kier alpha value is -5.77. The number of nitrogens with one attached hydrogen (secondary N) is 1. The average molecular weight is 963 g/mol. The summed E-state index contributed by atoms with van der Waals surface area (Å²) in [5, 5.41) is 3.45. The third kappa shape index (κ3) is 17.4. The zero-order valence-electron chi connectivity index (χ0n) is 41.3. The summed E-state index contributed by atoms with van der Waals surface area (Å²) >= 11 is 6.07. The predicted octanol–water partition coefficient (Wildman–Crippen LogP) is 12.4. The molecule has 3 amide bonds. The molecule has 16 heteroatoms. The van der Waals surface area contributed by atoms with Gasteiger partial charge in [0.1, 0.15) is 40.8 Å². The first-order valence-corrected chi connectivity index (χ1v) is 25.6. The number of aryl methyl sites for hydroxylation is 1. The van der Waals surface area contributed by atoms with E-state index in [4.69, 9.17) is 44.4 Å². The van der Waals surface area contributed by atoms with Gasteiger partial charge in [0.2, 0.25) is 0 Å². The van der Waals surface area contributed by atoms with Crippen molar-refractivity contribution in [2.75, 3.05) is 48.5 Å². The van der Waals surface area contributed by atoms with E-state index in [1.165, 1.54) is 16.8 Å². The van der Waals surface area contributed by atoms with E-state index < -0.39 is 44.2 Å². The van der Waals surface area contributed by atoms with Crippen LogP contribution in [0, 0.1) is 0 Å². The van der Waals surface area contributed by atoms with Crippen molar-refractivity contribution in [3.63, 3.8) is 0 Å². The van der Waals surface area contributed by atoms with Crippen LogP contribution in [0.4, 0.5) is 26.7 Å². The lowest BCUT2D eigenvalue weighted by atomic mass is 10.1. The van der Waals surface area contributed by atoms with Gasteiger partial charge in [0.05, 0.1) is 36.8 Å². The van der Waals surface area contributed by atoms with Crippen LogP contribution in [-0.2, 0) is 41.3 Å². The molecule has 0 bridgehead atoms. The Kier molecular flexibility index (Phi) is 18.7. The molecule has 0 aliphatic carbocycles. The van der Waals surface area contributed by atoms with Crippen molar-refractivity contribution in [1.82, 2.24) is 0 Å². The van der Waals surface area contributed by atoms with Crippen molar-refractivity contribution in [3.8, 4) is 23.0 Å². The van der Waals surface area contributed by atoms with E-state index in [1.807, 2.05) is 32.9 Å². The molecule has 4 aromatic carbocycles. The number of esters is 1. The fourth-order valence-corrected chi connectivity index (χ4v) is 7.16. The molecule has 0 saturated carbocycles. The fraction of sp³-hybridized carbons (Fsp3) is 0.451. The molecule has 0 unspecified atom stereocenters. The summed E-state index contributed by atoms with van der Waals surface area (Å²) in [7, 11) is -0.580. The quantitative estimate of drug-likeness (QED) is 0.0543. The highest BCUT2D eigenvalue weighted by Gasteiger charge is 2.37. The first kappa shape index (κ1) is 53.8. The Balaban J connectivity index is 1.57. The Morgan fingerprint density at radius 1 is 0.746 bits per heavy atom. The maximum Gasteiger partial charge on any atom is 0.414 e. The molecule has 0 saturated heterocycles. The number of nitrogens with zero attached hydrogens (tertiary/aromatic N) is 2. The third-order valence-corrected chi connectivity index (χ3v) is 15.2. The smallest absolute Gasteiger partial charge is 0.414 e. The SMILES string of the molecule is CCOC(=O)CCc1ccc(OCC(=O)Nc2ccc(Oc3cccc(N(CCO[Si](C)(C)C(C)(C)C)C(=O)OC(C)(C)C)c3)cc2N(C)C(=O)OC(C)(C)C)cc1OCc1ccc(Cl)cc1. The molecule has 0 radical (unpaired) electrons. The maximum absolute atomic E-state index is 13.6. The first-order chi connectivity index (χ1) is 31.2. The second-order valence-corrected chi connectivity index (χ2v) is 24.6. The highest BCUT2D eigenvalue weighted by Crippen LogP contribution is 2.37. The van der Waals surface area contributed by atoms with E-state index in [-0.39, 0.29) is 48.6 Å².